The Balaban J connectivity index is 1.31. The number of carbonyl (C=O) groups is 1. The summed E-state index contributed by atoms with van der Waals surface area (Å²) in [5.41, 5.74) is -1.10. The van der Waals surface area contributed by atoms with Crippen molar-refractivity contribution in [3.8, 4) is 5.75 Å². The third-order valence-corrected chi connectivity index (χ3v) is 8.50. The molecule has 0 bridgehead atoms. The molecule has 0 unspecified atom stereocenters. The number of carbonyl (C=O) groups excluding carboxylic acids is 1. The smallest absolute Gasteiger partial charge is 0.406 e. The van der Waals surface area contributed by atoms with Gasteiger partial charge in [0, 0.05) is 41.3 Å². The first-order chi connectivity index (χ1) is 19.9. The third kappa shape index (κ3) is 8.41. The van der Waals surface area contributed by atoms with Gasteiger partial charge in [-0.05, 0) is 36.6 Å². The van der Waals surface area contributed by atoms with Crippen LogP contribution < -0.4 is 4.74 Å². The van der Waals surface area contributed by atoms with Crippen molar-refractivity contribution >= 4 is 23.7 Å². The molecule has 1 aliphatic rings. The van der Waals surface area contributed by atoms with Crippen molar-refractivity contribution in [3.05, 3.63) is 96.1 Å². The van der Waals surface area contributed by atoms with Gasteiger partial charge in [-0.15, -0.1) is 13.2 Å². The van der Waals surface area contributed by atoms with E-state index < -0.39 is 28.8 Å². The van der Waals surface area contributed by atoms with Crippen LogP contribution in [0.25, 0.3) is 6.08 Å². The van der Waals surface area contributed by atoms with Crippen LogP contribution in [0.5, 0.6) is 5.75 Å². The van der Waals surface area contributed by atoms with Crippen LogP contribution in [0.3, 0.4) is 0 Å². The summed E-state index contributed by atoms with van der Waals surface area (Å²) in [6, 6.07) is 8.45. The molecule has 2 aromatic carbocycles. The highest BCUT2D eigenvalue weighted by Crippen LogP contribution is 2.40. The molecule has 42 heavy (non-hydrogen) atoms. The van der Waals surface area contributed by atoms with E-state index in [-0.39, 0.29) is 29.0 Å². The fourth-order valence-electron chi connectivity index (χ4n) is 4.64. The van der Waals surface area contributed by atoms with E-state index >= 15 is 0 Å². The van der Waals surface area contributed by atoms with Gasteiger partial charge in [0.25, 0.3) is 0 Å². The Morgan fingerprint density at radius 3 is 2.48 bits per heavy atom. The molecule has 0 spiro atoms. The maximum Gasteiger partial charge on any atom is 0.573 e. The Morgan fingerprint density at radius 1 is 1.14 bits per heavy atom. The van der Waals surface area contributed by atoms with Crippen molar-refractivity contribution in [3.63, 3.8) is 0 Å². The van der Waals surface area contributed by atoms with Crippen LogP contribution in [0.1, 0.15) is 30.9 Å². The van der Waals surface area contributed by atoms with Crippen molar-refractivity contribution in [2.75, 3.05) is 13.1 Å². The number of hydrogen-bond acceptors (Lipinski definition) is 6. The van der Waals surface area contributed by atoms with Crippen LogP contribution in [-0.4, -0.2) is 60.6 Å². The average Bonchev–Trinajstić information content (AvgIpc) is 3.44. The molecule has 7 nitrogen and oxygen atoms in total. The number of hydrogen-bond donors (Lipinski definition) is 1. The van der Waals surface area contributed by atoms with Gasteiger partial charge in [-0.1, -0.05) is 43.4 Å². The summed E-state index contributed by atoms with van der Waals surface area (Å²) in [6.07, 6.45) is 5.53. The van der Waals surface area contributed by atoms with Crippen LogP contribution in [0.15, 0.2) is 73.3 Å². The predicted molar refractivity (Wildman–Crippen MR) is 148 cm³/mol. The number of piperidine rings is 1. The predicted octanol–water partition coefficient (Wildman–Crippen LogP) is 5.73. The van der Waals surface area contributed by atoms with E-state index in [0.29, 0.717) is 31.5 Å². The number of aliphatic hydroxyl groups is 1. The molecule has 0 aliphatic carbocycles. The molecule has 0 saturated carbocycles. The lowest BCUT2D eigenvalue weighted by Crippen LogP contribution is -2.44. The zero-order valence-electron chi connectivity index (χ0n) is 22.5. The van der Waals surface area contributed by atoms with Gasteiger partial charge in [0.05, 0.1) is 6.54 Å². The number of thioether (sulfide) groups is 1. The van der Waals surface area contributed by atoms with Gasteiger partial charge in [0.15, 0.2) is 0 Å². The molecule has 1 aliphatic heterocycles. The van der Waals surface area contributed by atoms with Crippen molar-refractivity contribution in [1.82, 2.24) is 19.7 Å². The maximum absolute atomic E-state index is 14.8. The number of likely N-dealkylation sites (tertiary alicyclic amines) is 1. The molecule has 1 aromatic heterocycles. The van der Waals surface area contributed by atoms with Crippen LogP contribution in [0.4, 0.5) is 22.0 Å². The molecule has 3 aromatic rings. The summed E-state index contributed by atoms with van der Waals surface area (Å²) in [4.78, 5) is 18.2. The van der Waals surface area contributed by atoms with Crippen molar-refractivity contribution in [2.24, 2.45) is 0 Å². The molecule has 0 radical (unpaired) electrons. The minimum atomic E-state index is -4.75. The van der Waals surface area contributed by atoms with Gasteiger partial charge in [0.2, 0.25) is 5.91 Å². The zero-order chi connectivity index (χ0) is 30.3. The zero-order valence-corrected chi connectivity index (χ0v) is 23.4. The highest BCUT2D eigenvalue weighted by molar-refractivity contribution is 8.00. The van der Waals surface area contributed by atoms with Gasteiger partial charge in [-0.3, -0.25) is 4.79 Å². The Kier molecular flexibility index (Phi) is 10.0. The van der Waals surface area contributed by atoms with Gasteiger partial charge in [0.1, 0.15) is 35.6 Å². The van der Waals surface area contributed by atoms with Gasteiger partial charge >= 0.3 is 6.36 Å². The normalized spacial score (nSPS) is 17.1. The summed E-state index contributed by atoms with van der Waals surface area (Å²) in [7, 11) is 0. The van der Waals surface area contributed by atoms with E-state index in [9.17, 15) is 31.9 Å². The van der Waals surface area contributed by atoms with E-state index in [4.69, 9.17) is 0 Å². The second-order valence-electron chi connectivity index (χ2n) is 9.78. The van der Waals surface area contributed by atoms with Gasteiger partial charge in [-0.25, -0.2) is 18.4 Å². The van der Waals surface area contributed by atoms with E-state index in [1.807, 2.05) is 0 Å². The number of nitrogens with zero attached hydrogens (tertiary/aromatic N) is 4. The molecule has 4 rings (SSSR count). The first-order valence-corrected chi connectivity index (χ1v) is 14.0. The molecule has 2 atom stereocenters. The van der Waals surface area contributed by atoms with Crippen molar-refractivity contribution in [2.45, 2.75) is 48.8 Å². The largest absolute Gasteiger partial charge is 0.573 e. The Hall–Kier alpha value is -3.71. The summed E-state index contributed by atoms with van der Waals surface area (Å²) >= 11 is 1.48. The number of aromatic nitrogens is 3. The molecule has 1 saturated heterocycles. The number of benzene rings is 2. The number of allylic oxidation sites excluding steroid dienone is 2. The highest BCUT2D eigenvalue weighted by atomic mass is 32.2. The van der Waals surface area contributed by atoms with E-state index in [1.54, 1.807) is 30.1 Å². The standard InChI is InChI=1S/C29H29F5N4O3S/c1-20(28(40,17-38-19-35-18-36-38)25-11-8-22(30)16-26(25)31)42-24-12-14-37(15-13-24)27(39)5-3-2-4-21-6-9-23(10-7-21)41-29(32,33)34/h2-11,16,18-20,24,40H,12-15,17H2,1H3/b4-2+,5-3+/t20-,28-/m1/s1. The second kappa shape index (κ2) is 13.5. The maximum atomic E-state index is 14.8. The van der Waals surface area contributed by atoms with E-state index in [2.05, 4.69) is 14.8 Å². The number of halogens is 5. The minimum Gasteiger partial charge on any atom is -0.406 e. The Morgan fingerprint density at radius 2 is 1.86 bits per heavy atom. The Bertz CT molecular complexity index is 1390. The van der Waals surface area contributed by atoms with Gasteiger partial charge in [-0.2, -0.15) is 16.9 Å². The monoisotopic (exact) mass is 608 g/mol. The third-order valence-electron chi connectivity index (χ3n) is 6.84. The Labute approximate surface area is 243 Å². The van der Waals surface area contributed by atoms with Crippen molar-refractivity contribution < 1.29 is 36.6 Å². The topological polar surface area (TPSA) is 80.5 Å². The number of alkyl halides is 3. The first kappa shape index (κ1) is 31.2. The highest BCUT2D eigenvalue weighted by Gasteiger charge is 2.41. The second-order valence-corrected chi connectivity index (χ2v) is 11.4. The molecule has 1 N–H and O–H groups in total. The summed E-state index contributed by atoms with van der Waals surface area (Å²) in [5.74, 6) is -2.08. The summed E-state index contributed by atoms with van der Waals surface area (Å²) in [6.45, 7) is 2.69. The minimum absolute atomic E-state index is 0.0317. The molecular weight excluding hydrogens is 579 g/mol. The average molecular weight is 609 g/mol. The molecule has 13 heteroatoms. The molecule has 1 fully saturated rings. The number of amides is 1. The quantitative estimate of drug-likeness (QED) is 0.180. The lowest BCUT2D eigenvalue weighted by Gasteiger charge is -2.38. The molecule has 224 valence electrons. The summed E-state index contributed by atoms with van der Waals surface area (Å²) < 4.78 is 70.5. The van der Waals surface area contributed by atoms with Crippen LogP contribution >= 0.6 is 11.8 Å². The van der Waals surface area contributed by atoms with E-state index in [0.717, 1.165) is 12.1 Å². The fourth-order valence-corrected chi connectivity index (χ4v) is 6.13. The van der Waals surface area contributed by atoms with Crippen LogP contribution in [0, 0.1) is 11.6 Å². The van der Waals surface area contributed by atoms with Crippen molar-refractivity contribution in [1.29, 1.82) is 0 Å². The summed E-state index contributed by atoms with van der Waals surface area (Å²) in [5, 5.41) is 15.3. The molecular formula is C29H29F5N4O3S. The SMILES string of the molecule is C[C@@H](SC1CCN(C(=O)/C=C/C=C/c2ccc(OC(F)(F)F)cc2)CC1)[C@](O)(Cn1cncn1)c1ccc(F)cc1F. The van der Waals surface area contributed by atoms with E-state index in [1.165, 1.54) is 65.5 Å². The lowest BCUT2D eigenvalue weighted by atomic mass is 9.90. The molecule has 1 amide bonds. The van der Waals surface area contributed by atoms with Crippen LogP contribution in [0.2, 0.25) is 0 Å². The molecule has 2 heterocycles. The number of rotatable bonds is 10. The van der Waals surface area contributed by atoms with Crippen LogP contribution in [-0.2, 0) is 16.9 Å². The lowest BCUT2D eigenvalue weighted by molar-refractivity contribution is -0.274. The van der Waals surface area contributed by atoms with Gasteiger partial charge < -0.3 is 14.7 Å². The fraction of sp³-hybridized carbons (Fsp3) is 0.345. The first-order valence-electron chi connectivity index (χ1n) is 13.1. The number of ether oxygens (including phenoxy) is 1.